The fourth-order valence-electron chi connectivity index (χ4n) is 4.05. The van der Waals surface area contributed by atoms with Gasteiger partial charge in [0.2, 0.25) is 0 Å². The molecule has 0 aromatic heterocycles. The van der Waals surface area contributed by atoms with E-state index in [1.165, 1.54) is 11.8 Å². The van der Waals surface area contributed by atoms with Gasteiger partial charge < -0.3 is 29.6 Å². The summed E-state index contributed by atoms with van der Waals surface area (Å²) in [5, 5.41) is 40.8. The van der Waals surface area contributed by atoms with Crippen LogP contribution in [0.25, 0.3) is 0 Å². The number of carbonyl (C=O) groups is 1. The second kappa shape index (κ2) is 18.1. The summed E-state index contributed by atoms with van der Waals surface area (Å²) in [6.07, 6.45) is 7.40. The maximum atomic E-state index is 11.8. The van der Waals surface area contributed by atoms with Crippen LogP contribution in [0, 0.1) is 22.0 Å². The van der Waals surface area contributed by atoms with Gasteiger partial charge in [0.1, 0.15) is 31.7 Å². The minimum Gasteiger partial charge on any atom is -0.491 e. The number of hydrogen-bond acceptors (Lipinski definition) is 10. The van der Waals surface area contributed by atoms with Gasteiger partial charge in [-0.1, -0.05) is 42.0 Å². The molecule has 0 heterocycles. The lowest BCUT2D eigenvalue weighted by atomic mass is 9.89. The van der Waals surface area contributed by atoms with Gasteiger partial charge in [-0.2, -0.15) is 11.8 Å². The van der Waals surface area contributed by atoms with Crippen LogP contribution in [0.2, 0.25) is 5.02 Å². The van der Waals surface area contributed by atoms with Crippen molar-refractivity contribution in [1.29, 1.82) is 0 Å². The molecule has 5 atom stereocenters. The van der Waals surface area contributed by atoms with Crippen LogP contribution in [0.15, 0.2) is 48.6 Å². The van der Waals surface area contributed by atoms with Crippen molar-refractivity contribution in [2.75, 3.05) is 31.3 Å². The van der Waals surface area contributed by atoms with Gasteiger partial charge in [-0.05, 0) is 43.4 Å². The van der Waals surface area contributed by atoms with Gasteiger partial charge >= 0.3 is 5.97 Å². The van der Waals surface area contributed by atoms with Crippen LogP contribution in [0.3, 0.4) is 0 Å². The Morgan fingerprint density at radius 3 is 2.79 bits per heavy atom. The highest BCUT2D eigenvalue weighted by Gasteiger charge is 2.39. The summed E-state index contributed by atoms with van der Waals surface area (Å²) >= 11 is 7.33. The molecule has 1 aliphatic rings. The molecular formula is C26H36ClNO9S. The van der Waals surface area contributed by atoms with Crippen LogP contribution in [-0.4, -0.2) is 76.0 Å². The van der Waals surface area contributed by atoms with Crippen LogP contribution in [0.5, 0.6) is 5.75 Å². The Morgan fingerprint density at radius 1 is 1.24 bits per heavy atom. The third-order valence-electron chi connectivity index (χ3n) is 5.93. The summed E-state index contributed by atoms with van der Waals surface area (Å²) in [7, 11) is 0. The minimum atomic E-state index is -0.879. The van der Waals surface area contributed by atoms with Crippen molar-refractivity contribution in [1.82, 2.24) is 0 Å². The number of allylic oxidation sites excluding steroid dienone is 2. The zero-order valence-electron chi connectivity index (χ0n) is 21.1. The molecule has 1 saturated carbocycles. The van der Waals surface area contributed by atoms with Gasteiger partial charge in [0, 0.05) is 35.3 Å². The second-order valence-electron chi connectivity index (χ2n) is 8.82. The standard InChI is InChI=1S/C26H36ClNO9S/c27-19-6-5-7-21(16-19)36-18-20(29)10-11-23-22(24(30)17-25(23)31)8-3-1-2-4-9-26(32)35-12-14-38-15-13-37-28(33)34/h1,3,5-7,10-11,16,20,22-25,29-31H,2,4,8-9,12-15,17-18H2/t20-,22-,23-,24+,25-/m1/s1. The van der Waals surface area contributed by atoms with E-state index in [1.54, 1.807) is 36.4 Å². The molecule has 12 heteroatoms. The van der Waals surface area contributed by atoms with Crippen LogP contribution in [-0.2, 0) is 14.4 Å². The Balaban J connectivity index is 1.63. The molecule has 0 radical (unpaired) electrons. The topological polar surface area (TPSA) is 149 Å². The van der Waals surface area contributed by atoms with Gasteiger partial charge in [-0.15, -0.1) is 10.1 Å². The Labute approximate surface area is 231 Å². The number of nitrogens with zero attached hydrogens (tertiary/aromatic N) is 1. The predicted molar refractivity (Wildman–Crippen MR) is 145 cm³/mol. The van der Waals surface area contributed by atoms with Crippen molar-refractivity contribution in [3.8, 4) is 5.75 Å². The Morgan fingerprint density at radius 2 is 2.03 bits per heavy atom. The van der Waals surface area contributed by atoms with Crippen LogP contribution in [0.4, 0.5) is 0 Å². The molecule has 1 aliphatic carbocycles. The van der Waals surface area contributed by atoms with Gasteiger partial charge in [0.25, 0.3) is 5.09 Å². The summed E-state index contributed by atoms with van der Waals surface area (Å²) in [5.41, 5.74) is 0. The molecule has 1 aromatic carbocycles. The molecule has 0 aliphatic heterocycles. The first kappa shape index (κ1) is 31.9. The first-order valence-electron chi connectivity index (χ1n) is 12.5. The van der Waals surface area contributed by atoms with Gasteiger partial charge in [-0.3, -0.25) is 4.79 Å². The highest BCUT2D eigenvalue weighted by atomic mass is 35.5. The SMILES string of the molecule is O=C(CCCC=CC[C@@H]1[C@@H](C=C[C@@H](O)COc2cccc(Cl)c2)[C@H](O)C[C@@H]1O)OCCSCCO[N+](=O)[O-]. The number of halogens is 1. The molecule has 38 heavy (non-hydrogen) atoms. The van der Waals surface area contributed by atoms with E-state index in [-0.39, 0.29) is 50.5 Å². The lowest BCUT2D eigenvalue weighted by molar-refractivity contribution is -0.756. The molecule has 0 saturated heterocycles. The minimum absolute atomic E-state index is 0.00750. The van der Waals surface area contributed by atoms with Crippen molar-refractivity contribution >= 4 is 29.3 Å². The first-order valence-corrected chi connectivity index (χ1v) is 14.1. The molecule has 0 spiro atoms. The molecule has 0 amide bonds. The van der Waals surface area contributed by atoms with Crippen molar-refractivity contribution in [3.63, 3.8) is 0 Å². The average molecular weight is 574 g/mol. The van der Waals surface area contributed by atoms with Crippen LogP contribution >= 0.6 is 23.4 Å². The fraction of sp³-hybridized carbons (Fsp3) is 0.577. The number of aliphatic hydroxyl groups excluding tert-OH is 3. The van der Waals surface area contributed by atoms with E-state index >= 15 is 0 Å². The number of ether oxygens (including phenoxy) is 2. The Kier molecular flexibility index (Phi) is 15.2. The van der Waals surface area contributed by atoms with Gasteiger partial charge in [0.05, 0.1) is 12.2 Å². The predicted octanol–water partition coefficient (Wildman–Crippen LogP) is 3.60. The summed E-state index contributed by atoms with van der Waals surface area (Å²) in [4.78, 5) is 26.0. The van der Waals surface area contributed by atoms with E-state index in [4.69, 9.17) is 21.1 Å². The summed E-state index contributed by atoms with van der Waals surface area (Å²) in [6.45, 7) is 0.288. The van der Waals surface area contributed by atoms with Gasteiger partial charge in [-0.25, -0.2) is 0 Å². The highest BCUT2D eigenvalue weighted by molar-refractivity contribution is 7.99. The number of esters is 1. The first-order chi connectivity index (χ1) is 18.3. The molecule has 0 bridgehead atoms. The number of unbranched alkanes of at least 4 members (excludes halogenated alkanes) is 1. The molecule has 10 nitrogen and oxygen atoms in total. The number of thioether (sulfide) groups is 1. The van der Waals surface area contributed by atoms with Crippen molar-refractivity contribution < 1.29 is 39.5 Å². The maximum absolute atomic E-state index is 11.8. The van der Waals surface area contributed by atoms with Crippen molar-refractivity contribution in [2.45, 2.75) is 50.4 Å². The van der Waals surface area contributed by atoms with Crippen molar-refractivity contribution in [2.24, 2.45) is 11.8 Å². The van der Waals surface area contributed by atoms with Crippen LogP contribution < -0.4 is 4.74 Å². The largest absolute Gasteiger partial charge is 0.491 e. The van der Waals surface area contributed by atoms with E-state index in [9.17, 15) is 30.2 Å². The number of aliphatic hydroxyl groups is 3. The second-order valence-corrected chi connectivity index (χ2v) is 10.5. The van der Waals surface area contributed by atoms with E-state index in [1.807, 2.05) is 12.2 Å². The molecule has 3 N–H and O–H groups in total. The van der Waals surface area contributed by atoms with E-state index in [2.05, 4.69) is 4.84 Å². The number of benzene rings is 1. The molecule has 1 aromatic rings. The van der Waals surface area contributed by atoms with E-state index in [0.717, 1.165) is 0 Å². The van der Waals surface area contributed by atoms with E-state index in [0.29, 0.717) is 41.5 Å². The highest BCUT2D eigenvalue weighted by Crippen LogP contribution is 2.36. The Hall–Kier alpha value is -2.31. The molecule has 1 fully saturated rings. The van der Waals surface area contributed by atoms with E-state index < -0.39 is 23.4 Å². The molecule has 0 unspecified atom stereocenters. The average Bonchev–Trinajstić information content (AvgIpc) is 3.14. The number of rotatable bonds is 18. The fourth-order valence-corrected chi connectivity index (χ4v) is 4.83. The monoisotopic (exact) mass is 573 g/mol. The lowest BCUT2D eigenvalue weighted by Gasteiger charge is -2.19. The number of carbonyl (C=O) groups excluding carboxylic acids is 1. The van der Waals surface area contributed by atoms with Gasteiger partial charge in [0.15, 0.2) is 0 Å². The van der Waals surface area contributed by atoms with Crippen molar-refractivity contribution in [3.05, 3.63) is 63.7 Å². The molecule has 2 rings (SSSR count). The zero-order valence-corrected chi connectivity index (χ0v) is 22.7. The third kappa shape index (κ3) is 13.0. The third-order valence-corrected chi connectivity index (χ3v) is 7.08. The normalized spacial score (nSPS) is 22.1. The smallest absolute Gasteiger partial charge is 0.305 e. The summed E-state index contributed by atoms with van der Waals surface area (Å²) in [5.74, 6) is 0.772. The summed E-state index contributed by atoms with van der Waals surface area (Å²) < 4.78 is 10.7. The quantitative estimate of drug-likeness (QED) is 0.0781. The Bertz CT molecular complexity index is 916. The summed E-state index contributed by atoms with van der Waals surface area (Å²) in [6, 6.07) is 6.88. The molecular weight excluding hydrogens is 538 g/mol. The lowest BCUT2D eigenvalue weighted by Crippen LogP contribution is -2.21. The molecule has 212 valence electrons. The number of hydrogen-bond donors (Lipinski definition) is 3. The maximum Gasteiger partial charge on any atom is 0.305 e. The zero-order chi connectivity index (χ0) is 27.8. The van der Waals surface area contributed by atoms with Crippen LogP contribution in [0.1, 0.15) is 32.1 Å².